The summed E-state index contributed by atoms with van der Waals surface area (Å²) >= 11 is 8.47. The third-order valence-corrected chi connectivity index (χ3v) is 2.25. The lowest BCUT2D eigenvalue weighted by Gasteiger charge is -2.02. The van der Waals surface area contributed by atoms with Crippen LogP contribution < -0.4 is 0 Å². The van der Waals surface area contributed by atoms with E-state index in [1.807, 2.05) is 0 Å². The molecule has 13 heavy (non-hydrogen) atoms. The Hall–Kier alpha value is -0.410. The van der Waals surface area contributed by atoms with E-state index in [2.05, 4.69) is 15.9 Å². The first-order chi connectivity index (χ1) is 6.02. The summed E-state index contributed by atoms with van der Waals surface area (Å²) < 4.78 is 12.1. The zero-order chi connectivity index (χ0) is 10.0. The van der Waals surface area contributed by atoms with Gasteiger partial charge in [0.25, 0.3) is 0 Å². The molecule has 0 aliphatic rings. The molecular formula is C9H7BrClFO. The Balaban J connectivity index is 3.04. The molecule has 0 radical (unpaired) electrons. The van der Waals surface area contributed by atoms with Crippen LogP contribution in [0.15, 0.2) is 18.2 Å². The third kappa shape index (κ3) is 2.51. The first-order valence-corrected chi connectivity index (χ1v) is 4.96. The maximum Gasteiger partial charge on any atom is 0.191 e. The summed E-state index contributed by atoms with van der Waals surface area (Å²) in [5.74, 6) is -0.581. The molecule has 0 saturated heterocycles. The van der Waals surface area contributed by atoms with E-state index >= 15 is 0 Å². The quantitative estimate of drug-likeness (QED) is 0.592. The lowest BCUT2D eigenvalue weighted by molar-refractivity contribution is 0.101. The summed E-state index contributed by atoms with van der Waals surface area (Å²) in [6.45, 7) is 1.60. The minimum absolute atomic E-state index is 0.259. The molecule has 1 rings (SSSR count). The summed E-state index contributed by atoms with van der Waals surface area (Å²) in [5, 5.41) is 0. The summed E-state index contributed by atoms with van der Waals surface area (Å²) in [7, 11) is 0. The zero-order valence-corrected chi connectivity index (χ0v) is 9.19. The molecule has 0 fully saturated rings. The van der Waals surface area contributed by atoms with Crippen LogP contribution in [0.25, 0.3) is 0 Å². The van der Waals surface area contributed by atoms with Crippen LogP contribution in [0.2, 0.25) is 0 Å². The van der Waals surface area contributed by atoms with Gasteiger partial charge in [-0.25, -0.2) is 4.39 Å². The molecule has 1 aromatic carbocycles. The van der Waals surface area contributed by atoms with Crippen LogP contribution in [-0.4, -0.2) is 10.1 Å². The van der Waals surface area contributed by atoms with E-state index < -0.39 is 4.29 Å². The van der Waals surface area contributed by atoms with E-state index in [0.29, 0.717) is 11.1 Å². The second kappa shape index (κ2) is 4.20. The number of hydrogen-bond donors (Lipinski definition) is 0. The molecule has 1 aromatic rings. The van der Waals surface area contributed by atoms with Crippen molar-refractivity contribution in [3.8, 4) is 0 Å². The third-order valence-electron chi connectivity index (χ3n) is 1.64. The lowest BCUT2D eigenvalue weighted by atomic mass is 10.1. The number of benzene rings is 1. The number of rotatable bonds is 2. The predicted octanol–water partition coefficient (Wildman–Crippen LogP) is 3.28. The predicted molar refractivity (Wildman–Crippen MR) is 54.0 cm³/mol. The van der Waals surface area contributed by atoms with Crippen molar-refractivity contribution in [3.05, 3.63) is 35.1 Å². The smallest absolute Gasteiger partial charge is 0.191 e. The van der Waals surface area contributed by atoms with Gasteiger partial charge in [-0.15, -0.1) is 11.6 Å². The minimum atomic E-state index is -0.752. The SMILES string of the molecule is Cc1cc(C(=O)C(Cl)Br)ccc1F. The fourth-order valence-electron chi connectivity index (χ4n) is 0.924. The maximum atomic E-state index is 12.8. The van der Waals surface area contributed by atoms with Gasteiger partial charge in [0.05, 0.1) is 0 Å². The number of Topliss-reactive ketones (excluding diaryl/α,β-unsaturated/α-hetero) is 1. The fraction of sp³-hybridized carbons (Fsp3) is 0.222. The van der Waals surface area contributed by atoms with Crippen molar-refractivity contribution in [2.75, 3.05) is 0 Å². The molecule has 0 aliphatic carbocycles. The molecule has 0 saturated carbocycles. The van der Waals surface area contributed by atoms with Crippen molar-refractivity contribution < 1.29 is 9.18 Å². The molecule has 70 valence electrons. The van der Waals surface area contributed by atoms with Crippen molar-refractivity contribution >= 4 is 33.3 Å². The molecular weight excluding hydrogens is 258 g/mol. The number of aryl methyl sites for hydroxylation is 1. The molecule has 0 aromatic heterocycles. The lowest BCUT2D eigenvalue weighted by Crippen LogP contribution is -2.07. The Labute approximate surface area is 89.0 Å². The second-order valence-corrected chi connectivity index (χ2v) is 4.51. The normalized spacial score (nSPS) is 12.6. The van der Waals surface area contributed by atoms with Crippen molar-refractivity contribution in [1.29, 1.82) is 0 Å². The van der Waals surface area contributed by atoms with Crippen molar-refractivity contribution in [2.24, 2.45) is 0 Å². The standard InChI is InChI=1S/C9H7BrClFO/c1-5-4-6(2-3-7(5)12)8(13)9(10)11/h2-4,9H,1H3. The molecule has 1 unspecified atom stereocenters. The van der Waals surface area contributed by atoms with Gasteiger partial charge < -0.3 is 0 Å². The molecule has 1 nitrogen and oxygen atoms in total. The van der Waals surface area contributed by atoms with Gasteiger partial charge in [0.15, 0.2) is 10.1 Å². The van der Waals surface area contributed by atoms with Gasteiger partial charge in [-0.1, -0.05) is 15.9 Å². The van der Waals surface area contributed by atoms with Gasteiger partial charge in [-0.2, -0.15) is 0 Å². The van der Waals surface area contributed by atoms with Gasteiger partial charge in [-0.05, 0) is 30.7 Å². The number of halogens is 3. The van der Waals surface area contributed by atoms with E-state index in [9.17, 15) is 9.18 Å². The molecule has 0 aliphatic heterocycles. The van der Waals surface area contributed by atoms with Gasteiger partial charge in [0, 0.05) is 5.56 Å². The van der Waals surface area contributed by atoms with Crippen LogP contribution in [0, 0.1) is 12.7 Å². The summed E-state index contributed by atoms with van der Waals surface area (Å²) in [4.78, 5) is 11.3. The highest BCUT2D eigenvalue weighted by atomic mass is 79.9. The minimum Gasteiger partial charge on any atom is -0.292 e. The van der Waals surface area contributed by atoms with Gasteiger partial charge in [-0.3, -0.25) is 4.79 Å². The van der Waals surface area contributed by atoms with Crippen LogP contribution in [0.5, 0.6) is 0 Å². The van der Waals surface area contributed by atoms with E-state index in [1.165, 1.54) is 18.2 Å². The van der Waals surface area contributed by atoms with Crippen LogP contribution in [0.4, 0.5) is 4.39 Å². The molecule has 0 spiro atoms. The van der Waals surface area contributed by atoms with Gasteiger partial charge in [0.1, 0.15) is 5.82 Å². The van der Waals surface area contributed by atoms with Crippen molar-refractivity contribution in [3.63, 3.8) is 0 Å². The topological polar surface area (TPSA) is 17.1 Å². The molecule has 0 amide bonds. The Bertz CT molecular complexity index is 338. The Morgan fingerprint density at radius 3 is 2.69 bits per heavy atom. The van der Waals surface area contributed by atoms with Crippen LogP contribution >= 0.6 is 27.5 Å². The van der Waals surface area contributed by atoms with Gasteiger partial charge >= 0.3 is 0 Å². The Morgan fingerprint density at radius 2 is 2.23 bits per heavy atom. The zero-order valence-electron chi connectivity index (χ0n) is 6.85. The maximum absolute atomic E-state index is 12.8. The number of hydrogen-bond acceptors (Lipinski definition) is 1. The number of ketones is 1. The Morgan fingerprint density at radius 1 is 1.62 bits per heavy atom. The van der Waals surface area contributed by atoms with Crippen LogP contribution in [-0.2, 0) is 0 Å². The average molecular weight is 266 g/mol. The first kappa shape index (κ1) is 10.7. The number of carbonyl (C=O) groups excluding carboxylic acids is 1. The van der Waals surface area contributed by atoms with E-state index in [0.717, 1.165) is 0 Å². The molecule has 0 heterocycles. The molecule has 0 N–H and O–H groups in total. The highest BCUT2D eigenvalue weighted by Gasteiger charge is 2.14. The van der Waals surface area contributed by atoms with E-state index in [-0.39, 0.29) is 11.6 Å². The van der Waals surface area contributed by atoms with Crippen molar-refractivity contribution in [1.82, 2.24) is 0 Å². The average Bonchev–Trinajstić information content (AvgIpc) is 2.08. The second-order valence-electron chi connectivity index (χ2n) is 2.63. The molecule has 0 bridgehead atoms. The van der Waals surface area contributed by atoms with E-state index in [4.69, 9.17) is 11.6 Å². The Kier molecular flexibility index (Phi) is 3.45. The van der Waals surface area contributed by atoms with Crippen LogP contribution in [0.3, 0.4) is 0 Å². The number of carbonyl (C=O) groups is 1. The fourth-order valence-corrected chi connectivity index (χ4v) is 1.31. The summed E-state index contributed by atoms with van der Waals surface area (Å²) in [5.41, 5.74) is 0.853. The summed E-state index contributed by atoms with van der Waals surface area (Å²) in [6.07, 6.45) is 0. The van der Waals surface area contributed by atoms with E-state index in [1.54, 1.807) is 6.92 Å². The van der Waals surface area contributed by atoms with Crippen molar-refractivity contribution in [2.45, 2.75) is 11.2 Å². The molecule has 4 heteroatoms. The van der Waals surface area contributed by atoms with Crippen LogP contribution in [0.1, 0.15) is 15.9 Å². The first-order valence-electron chi connectivity index (χ1n) is 3.61. The van der Waals surface area contributed by atoms with Gasteiger partial charge in [0.2, 0.25) is 0 Å². The highest BCUT2D eigenvalue weighted by Crippen LogP contribution is 2.16. The largest absolute Gasteiger partial charge is 0.292 e. The monoisotopic (exact) mass is 264 g/mol. The summed E-state index contributed by atoms with van der Waals surface area (Å²) in [6, 6.07) is 4.16. The molecule has 1 atom stereocenters. The highest BCUT2D eigenvalue weighted by molar-refractivity contribution is 9.10. The number of alkyl halides is 2.